The maximum atomic E-state index is 11.2. The third-order valence-corrected chi connectivity index (χ3v) is 3.72. The highest BCUT2D eigenvalue weighted by Crippen LogP contribution is 2.25. The van der Waals surface area contributed by atoms with Crippen molar-refractivity contribution in [3.8, 4) is 0 Å². The number of halogens is 1. The van der Waals surface area contributed by atoms with Gasteiger partial charge >= 0.3 is 7.80 Å². The molecule has 0 saturated carbocycles. The number of nitrogens with zero attached hydrogens (tertiary/aromatic N) is 3. The second kappa shape index (κ2) is 4.20. The molecule has 1 aliphatic heterocycles. The lowest BCUT2D eigenvalue weighted by Crippen LogP contribution is -2.33. The van der Waals surface area contributed by atoms with E-state index >= 15 is 0 Å². The van der Waals surface area contributed by atoms with E-state index < -0.39 is 7.80 Å². The van der Waals surface area contributed by atoms with E-state index in [1.165, 1.54) is 0 Å². The third-order valence-electron chi connectivity index (χ3n) is 2.13. The molecule has 1 aromatic heterocycles. The molecule has 74 valence electrons. The maximum absolute atomic E-state index is 11.2. The fraction of sp³-hybridized carbons (Fsp3) is 0.500. The average molecular weight is 231 g/mol. The smallest absolute Gasteiger partial charge is 0.332 e. The Labute approximate surface area is 88.1 Å². The fourth-order valence-corrected chi connectivity index (χ4v) is 2.61. The Morgan fingerprint density at radius 1 is 1.29 bits per heavy atom. The number of anilines is 1. The molecule has 0 radical (unpaired) electrons. The van der Waals surface area contributed by atoms with Gasteiger partial charge in [0.25, 0.3) is 0 Å². The number of rotatable bonds is 1. The summed E-state index contributed by atoms with van der Waals surface area (Å²) in [7, 11) is -0.988. The molecule has 0 spiro atoms. The largest absolute Gasteiger partial charge is 0.342 e. The summed E-state index contributed by atoms with van der Waals surface area (Å²) in [6.45, 7) is 1.55. The molecule has 0 bridgehead atoms. The molecule has 1 saturated heterocycles. The molecular weight excluding hydrogens is 221 g/mol. The molecule has 1 aromatic rings. The minimum atomic E-state index is -0.988. The van der Waals surface area contributed by atoms with Gasteiger partial charge in [0.2, 0.25) is 5.95 Å². The zero-order valence-electron chi connectivity index (χ0n) is 7.56. The van der Waals surface area contributed by atoms with E-state index in [0.29, 0.717) is 11.0 Å². The van der Waals surface area contributed by atoms with E-state index in [4.69, 9.17) is 11.6 Å². The first-order valence-corrected chi connectivity index (χ1v) is 6.41. The summed E-state index contributed by atoms with van der Waals surface area (Å²) in [5.41, 5.74) is 0. The number of hydrogen-bond donors (Lipinski definition) is 0. The van der Waals surface area contributed by atoms with Crippen LogP contribution in [0.1, 0.15) is 0 Å². The summed E-state index contributed by atoms with van der Waals surface area (Å²) in [6, 6.07) is 0. The first-order valence-electron chi connectivity index (χ1n) is 4.40. The van der Waals surface area contributed by atoms with Crippen LogP contribution in [0.2, 0.25) is 5.02 Å². The maximum Gasteiger partial charge on any atom is 0.342 e. The summed E-state index contributed by atoms with van der Waals surface area (Å²) in [5, 5.41) is 0.539. The number of hydrogen-bond acceptors (Lipinski definition) is 4. The second-order valence-corrected chi connectivity index (χ2v) is 5.41. The highest BCUT2D eigenvalue weighted by molar-refractivity contribution is 7.44. The van der Waals surface area contributed by atoms with Crippen molar-refractivity contribution in [2.24, 2.45) is 0 Å². The predicted octanol–water partition coefficient (Wildman–Crippen LogP) is 1.78. The summed E-state index contributed by atoms with van der Waals surface area (Å²) >= 11 is 5.68. The van der Waals surface area contributed by atoms with Gasteiger partial charge in [0.15, 0.2) is 12.3 Å². The van der Waals surface area contributed by atoms with Gasteiger partial charge in [0.1, 0.15) is 0 Å². The summed E-state index contributed by atoms with van der Waals surface area (Å²) < 4.78 is 11.2. The van der Waals surface area contributed by atoms with Crippen LogP contribution in [0.4, 0.5) is 5.95 Å². The van der Waals surface area contributed by atoms with Gasteiger partial charge in [-0.15, -0.1) is 0 Å². The van der Waals surface area contributed by atoms with Crippen molar-refractivity contribution in [1.82, 2.24) is 9.97 Å². The molecule has 1 aliphatic rings. The van der Waals surface area contributed by atoms with Gasteiger partial charge in [-0.05, 0) is 0 Å². The van der Waals surface area contributed by atoms with E-state index in [1.54, 1.807) is 12.4 Å². The Balaban J connectivity index is 2.08. The van der Waals surface area contributed by atoms with Crippen molar-refractivity contribution in [2.45, 2.75) is 0 Å². The molecule has 0 unspecified atom stereocenters. The summed E-state index contributed by atoms with van der Waals surface area (Å²) in [5.74, 6) is 0.678. The normalized spacial score (nSPS) is 17.2. The van der Waals surface area contributed by atoms with E-state index in [-0.39, 0.29) is 0 Å². The Morgan fingerprint density at radius 3 is 2.43 bits per heavy atom. The first kappa shape index (κ1) is 9.81. The van der Waals surface area contributed by atoms with Crippen molar-refractivity contribution >= 4 is 25.4 Å². The minimum Gasteiger partial charge on any atom is -0.332 e. The van der Waals surface area contributed by atoms with E-state index in [0.717, 1.165) is 25.4 Å². The fourth-order valence-electron chi connectivity index (χ4n) is 1.36. The van der Waals surface area contributed by atoms with E-state index in [1.807, 2.05) is 4.90 Å². The molecule has 6 heteroatoms. The Kier molecular flexibility index (Phi) is 2.94. The van der Waals surface area contributed by atoms with Gasteiger partial charge in [-0.2, -0.15) is 0 Å². The summed E-state index contributed by atoms with van der Waals surface area (Å²) in [4.78, 5) is 10.3. The predicted molar refractivity (Wildman–Crippen MR) is 56.6 cm³/mol. The molecule has 2 rings (SSSR count). The Bertz CT molecular complexity index is 333. The SMILES string of the molecule is O=[P+]1CCN(c2ncc(Cl)cn2)CC1. The van der Waals surface area contributed by atoms with E-state index in [9.17, 15) is 4.57 Å². The Morgan fingerprint density at radius 2 is 1.86 bits per heavy atom. The molecular formula is C8H10ClN3OP+. The minimum absolute atomic E-state index is 0.539. The third kappa shape index (κ3) is 2.20. The quantitative estimate of drug-likeness (QED) is 0.690. The van der Waals surface area contributed by atoms with Gasteiger partial charge in [-0.1, -0.05) is 16.2 Å². The van der Waals surface area contributed by atoms with Crippen molar-refractivity contribution in [1.29, 1.82) is 0 Å². The van der Waals surface area contributed by atoms with Gasteiger partial charge < -0.3 is 4.90 Å². The molecule has 0 N–H and O–H groups in total. The van der Waals surface area contributed by atoms with E-state index in [2.05, 4.69) is 9.97 Å². The molecule has 0 aliphatic carbocycles. The highest BCUT2D eigenvalue weighted by atomic mass is 35.5. The molecule has 0 amide bonds. The van der Waals surface area contributed by atoms with Gasteiger partial charge in [-0.25, -0.2) is 9.97 Å². The number of aromatic nitrogens is 2. The van der Waals surface area contributed by atoms with Crippen LogP contribution in [0, 0.1) is 0 Å². The van der Waals surface area contributed by atoms with Crippen LogP contribution in [0.15, 0.2) is 12.4 Å². The lowest BCUT2D eigenvalue weighted by atomic mass is 10.5. The van der Waals surface area contributed by atoms with Crippen LogP contribution in [-0.4, -0.2) is 35.4 Å². The van der Waals surface area contributed by atoms with Crippen molar-refractivity contribution in [3.05, 3.63) is 17.4 Å². The highest BCUT2D eigenvalue weighted by Gasteiger charge is 2.26. The van der Waals surface area contributed by atoms with Gasteiger partial charge in [0.05, 0.1) is 30.5 Å². The average Bonchev–Trinajstić information content (AvgIpc) is 2.21. The van der Waals surface area contributed by atoms with Crippen LogP contribution >= 0.6 is 19.4 Å². The Hall–Kier alpha value is -0.730. The van der Waals surface area contributed by atoms with Crippen LogP contribution in [0.3, 0.4) is 0 Å². The lowest BCUT2D eigenvalue weighted by molar-refractivity contribution is 0.581. The van der Waals surface area contributed by atoms with Crippen molar-refractivity contribution in [3.63, 3.8) is 0 Å². The monoisotopic (exact) mass is 230 g/mol. The van der Waals surface area contributed by atoms with Gasteiger partial charge in [0, 0.05) is 0 Å². The van der Waals surface area contributed by atoms with Crippen LogP contribution in [0.5, 0.6) is 0 Å². The van der Waals surface area contributed by atoms with Crippen LogP contribution in [0.25, 0.3) is 0 Å². The zero-order valence-corrected chi connectivity index (χ0v) is 9.21. The van der Waals surface area contributed by atoms with Crippen LogP contribution in [-0.2, 0) is 4.57 Å². The topological polar surface area (TPSA) is 46.1 Å². The molecule has 4 nitrogen and oxygen atoms in total. The zero-order chi connectivity index (χ0) is 9.97. The van der Waals surface area contributed by atoms with Crippen molar-refractivity contribution < 1.29 is 4.57 Å². The summed E-state index contributed by atoms with van der Waals surface area (Å²) in [6.07, 6.45) is 4.64. The second-order valence-electron chi connectivity index (χ2n) is 3.12. The lowest BCUT2D eigenvalue weighted by Gasteiger charge is -2.21. The first-order chi connectivity index (χ1) is 6.75. The van der Waals surface area contributed by atoms with Crippen LogP contribution < -0.4 is 4.90 Å². The molecule has 2 heterocycles. The van der Waals surface area contributed by atoms with Gasteiger partial charge in [-0.3, -0.25) is 0 Å². The molecule has 0 atom stereocenters. The standard InChI is InChI=1S/C8H10ClN3OP/c9-7-5-10-8(11-6-7)12-1-3-14(13)4-2-12/h5-6H,1-4H2/q+1. The molecule has 0 aromatic carbocycles. The van der Waals surface area contributed by atoms with Crippen molar-refractivity contribution in [2.75, 3.05) is 30.3 Å². The molecule has 1 fully saturated rings. The molecule has 14 heavy (non-hydrogen) atoms.